The van der Waals surface area contributed by atoms with Crippen molar-refractivity contribution in [2.45, 2.75) is 45.3 Å². The largest absolute Gasteiger partial charge is 0.465 e. The highest BCUT2D eigenvalue weighted by Gasteiger charge is 2.41. The first-order valence-electron chi connectivity index (χ1n) is 8.20. The van der Waals surface area contributed by atoms with E-state index in [9.17, 15) is 0 Å². The molecule has 1 aromatic carbocycles. The van der Waals surface area contributed by atoms with Gasteiger partial charge in [-0.3, -0.25) is 4.90 Å². The molecule has 0 unspecified atom stereocenters. The molecule has 0 radical (unpaired) electrons. The van der Waals surface area contributed by atoms with Crippen molar-refractivity contribution in [2.24, 2.45) is 5.92 Å². The van der Waals surface area contributed by atoms with Crippen molar-refractivity contribution >= 4 is 0 Å². The zero-order chi connectivity index (χ0) is 15.3. The molecule has 114 valence electrons. The van der Waals surface area contributed by atoms with E-state index in [0.29, 0.717) is 18.0 Å². The minimum Gasteiger partial charge on any atom is -0.465 e. The fourth-order valence-corrected chi connectivity index (χ4v) is 4.09. The van der Waals surface area contributed by atoms with Crippen molar-refractivity contribution in [3.63, 3.8) is 0 Å². The summed E-state index contributed by atoms with van der Waals surface area (Å²) >= 11 is 0. The summed E-state index contributed by atoms with van der Waals surface area (Å²) in [5, 5.41) is 0. The van der Waals surface area contributed by atoms with E-state index < -0.39 is 0 Å². The molecule has 0 amide bonds. The average Bonchev–Trinajstić information content (AvgIpc) is 2.96. The van der Waals surface area contributed by atoms with Crippen molar-refractivity contribution in [3.05, 3.63) is 71.2 Å². The molecule has 2 heteroatoms. The summed E-state index contributed by atoms with van der Waals surface area (Å²) in [6.45, 7) is 9.72. The molecule has 0 N–H and O–H groups in total. The lowest BCUT2D eigenvalue weighted by Crippen LogP contribution is -2.50. The molecule has 2 aliphatic rings. The molecule has 3 atom stereocenters. The van der Waals surface area contributed by atoms with Crippen molar-refractivity contribution in [1.82, 2.24) is 4.90 Å². The number of aryl methyl sites for hydroxylation is 1. The number of furan rings is 1. The second-order valence-corrected chi connectivity index (χ2v) is 6.83. The number of piperidine rings is 1. The zero-order valence-corrected chi connectivity index (χ0v) is 13.4. The van der Waals surface area contributed by atoms with E-state index in [1.54, 1.807) is 0 Å². The van der Waals surface area contributed by atoms with Crippen molar-refractivity contribution in [1.29, 1.82) is 0 Å². The topological polar surface area (TPSA) is 16.4 Å². The van der Waals surface area contributed by atoms with Gasteiger partial charge >= 0.3 is 0 Å². The van der Waals surface area contributed by atoms with Crippen LogP contribution in [0.3, 0.4) is 0 Å². The van der Waals surface area contributed by atoms with Gasteiger partial charge in [0, 0.05) is 12.6 Å². The van der Waals surface area contributed by atoms with Gasteiger partial charge in [0.1, 0.15) is 11.5 Å². The quantitative estimate of drug-likeness (QED) is 0.711. The summed E-state index contributed by atoms with van der Waals surface area (Å²) in [5.41, 5.74) is 4.33. The maximum Gasteiger partial charge on any atom is 0.121 e. The summed E-state index contributed by atoms with van der Waals surface area (Å²) < 4.78 is 5.96. The Balaban J connectivity index is 1.74. The normalized spacial score (nSPS) is 28.3. The predicted octanol–water partition coefficient (Wildman–Crippen LogP) is 4.65. The monoisotopic (exact) mass is 293 g/mol. The number of hydrogen-bond acceptors (Lipinski definition) is 2. The summed E-state index contributed by atoms with van der Waals surface area (Å²) in [6, 6.07) is 13.9. The third-order valence-corrected chi connectivity index (χ3v) is 5.49. The number of nitrogens with zero attached hydrogens (tertiary/aromatic N) is 1. The molecule has 1 saturated heterocycles. The summed E-state index contributed by atoms with van der Waals surface area (Å²) in [6.07, 6.45) is 2.12. The summed E-state index contributed by atoms with van der Waals surface area (Å²) in [4.78, 5) is 2.64. The molecule has 0 aliphatic carbocycles. The number of rotatable bonds is 1. The van der Waals surface area contributed by atoms with Crippen LogP contribution in [0.5, 0.6) is 0 Å². The van der Waals surface area contributed by atoms with Crippen molar-refractivity contribution < 1.29 is 4.42 Å². The number of benzene rings is 1. The molecule has 0 spiro atoms. The summed E-state index contributed by atoms with van der Waals surface area (Å²) in [5.74, 6) is 2.63. The summed E-state index contributed by atoms with van der Waals surface area (Å²) in [7, 11) is 0. The van der Waals surface area contributed by atoms with E-state index in [1.165, 1.54) is 16.7 Å². The lowest BCUT2D eigenvalue weighted by molar-refractivity contribution is 0.0457. The lowest BCUT2D eigenvalue weighted by atomic mass is 9.77. The molecule has 2 aromatic rings. The maximum atomic E-state index is 5.96. The average molecular weight is 293 g/mol. The van der Waals surface area contributed by atoms with Crippen LogP contribution in [-0.2, 0) is 13.0 Å². The Morgan fingerprint density at radius 2 is 1.86 bits per heavy atom. The third-order valence-electron chi connectivity index (χ3n) is 5.49. The fourth-order valence-electron chi connectivity index (χ4n) is 4.09. The molecule has 22 heavy (non-hydrogen) atoms. The van der Waals surface area contributed by atoms with Gasteiger partial charge in [0.05, 0.1) is 6.04 Å². The molecule has 2 aliphatic heterocycles. The van der Waals surface area contributed by atoms with Crippen LogP contribution in [0.15, 0.2) is 53.0 Å². The molecular formula is C20H23NO. The maximum absolute atomic E-state index is 5.96. The van der Waals surface area contributed by atoms with Crippen LogP contribution in [-0.4, -0.2) is 10.9 Å². The third kappa shape index (κ3) is 2.14. The number of hydrogen-bond donors (Lipinski definition) is 0. The standard InChI is InChI=1S/C20H23NO/c1-13-10-19(20-9-8-14(2)22-20)21-12-17-7-5-4-6-16(17)11-18(21)15(13)3/h4-9,15,18-19H,1,10-12H2,2-3H3/t15-,18-,19-/m0/s1. The van der Waals surface area contributed by atoms with Gasteiger partial charge in [0.25, 0.3) is 0 Å². The van der Waals surface area contributed by atoms with Crippen molar-refractivity contribution in [3.8, 4) is 0 Å². The molecule has 2 nitrogen and oxygen atoms in total. The molecule has 4 rings (SSSR count). The van der Waals surface area contributed by atoms with Gasteiger partial charge in [-0.1, -0.05) is 43.3 Å². The van der Waals surface area contributed by atoms with E-state index in [2.05, 4.69) is 54.8 Å². The van der Waals surface area contributed by atoms with Crippen LogP contribution in [0.2, 0.25) is 0 Å². The first-order valence-corrected chi connectivity index (χ1v) is 8.20. The van der Waals surface area contributed by atoms with Crippen LogP contribution in [0.4, 0.5) is 0 Å². The Morgan fingerprint density at radius 1 is 1.09 bits per heavy atom. The SMILES string of the molecule is C=C1C[C@@H](c2ccc(C)o2)N2Cc3ccccc3C[C@H]2[C@H]1C. The zero-order valence-electron chi connectivity index (χ0n) is 13.4. The molecule has 0 saturated carbocycles. The minimum absolute atomic E-state index is 0.329. The molecule has 1 fully saturated rings. The molecular weight excluding hydrogens is 270 g/mol. The van der Waals surface area contributed by atoms with Gasteiger partial charge in [-0.2, -0.15) is 0 Å². The van der Waals surface area contributed by atoms with Crippen LogP contribution in [0.1, 0.15) is 42.0 Å². The highest BCUT2D eigenvalue weighted by atomic mass is 16.3. The van der Waals surface area contributed by atoms with Gasteiger partial charge in [-0.15, -0.1) is 0 Å². The van der Waals surface area contributed by atoms with Gasteiger partial charge in [-0.05, 0) is 48.9 Å². The molecule has 3 heterocycles. The minimum atomic E-state index is 0.329. The van der Waals surface area contributed by atoms with Crippen molar-refractivity contribution in [2.75, 3.05) is 0 Å². The molecule has 1 aromatic heterocycles. The first-order chi connectivity index (χ1) is 10.6. The van der Waals surface area contributed by atoms with E-state index >= 15 is 0 Å². The fraction of sp³-hybridized carbons (Fsp3) is 0.400. The van der Waals surface area contributed by atoms with Crippen LogP contribution in [0.25, 0.3) is 0 Å². The Hall–Kier alpha value is -1.80. The second kappa shape index (κ2) is 5.13. The van der Waals surface area contributed by atoms with E-state index in [0.717, 1.165) is 30.9 Å². The number of fused-ring (bicyclic) bond motifs is 2. The Bertz CT molecular complexity index is 714. The Labute approximate surface area is 132 Å². The van der Waals surface area contributed by atoms with E-state index in [-0.39, 0.29) is 0 Å². The van der Waals surface area contributed by atoms with E-state index in [4.69, 9.17) is 4.42 Å². The predicted molar refractivity (Wildman–Crippen MR) is 88.6 cm³/mol. The highest BCUT2D eigenvalue weighted by molar-refractivity contribution is 5.33. The van der Waals surface area contributed by atoms with Gasteiger partial charge < -0.3 is 4.42 Å². The van der Waals surface area contributed by atoms with Crippen LogP contribution in [0, 0.1) is 12.8 Å². The van der Waals surface area contributed by atoms with Gasteiger partial charge in [0.2, 0.25) is 0 Å². The first kappa shape index (κ1) is 13.8. The lowest BCUT2D eigenvalue weighted by Gasteiger charge is -2.48. The van der Waals surface area contributed by atoms with Crippen LogP contribution >= 0.6 is 0 Å². The Kier molecular flexibility index (Phi) is 3.23. The van der Waals surface area contributed by atoms with Gasteiger partial charge in [-0.25, -0.2) is 0 Å². The molecule has 0 bridgehead atoms. The second-order valence-electron chi connectivity index (χ2n) is 6.83. The van der Waals surface area contributed by atoms with E-state index in [1.807, 2.05) is 6.92 Å². The van der Waals surface area contributed by atoms with Crippen LogP contribution < -0.4 is 0 Å². The smallest absolute Gasteiger partial charge is 0.121 e. The Morgan fingerprint density at radius 3 is 2.59 bits per heavy atom. The van der Waals surface area contributed by atoms with Gasteiger partial charge in [0.15, 0.2) is 0 Å². The highest BCUT2D eigenvalue weighted by Crippen LogP contribution is 2.44.